The number of carbonyl (C=O) groups excluding carboxylic acids is 1. The maximum atomic E-state index is 11.4. The lowest BCUT2D eigenvalue weighted by atomic mass is 10.1. The summed E-state index contributed by atoms with van der Waals surface area (Å²) in [6.07, 6.45) is 1.24. The van der Waals surface area contributed by atoms with E-state index >= 15 is 0 Å². The Balaban J connectivity index is 4.20. The predicted molar refractivity (Wildman–Crippen MR) is 57.9 cm³/mol. The van der Waals surface area contributed by atoms with Crippen molar-refractivity contribution in [1.29, 1.82) is 0 Å². The minimum Gasteiger partial charge on any atom is -0.444 e. The Morgan fingerprint density at radius 2 is 1.79 bits per heavy atom. The van der Waals surface area contributed by atoms with Crippen molar-refractivity contribution in [2.24, 2.45) is 4.99 Å². The number of carbonyl (C=O) groups is 1. The van der Waals surface area contributed by atoms with Crippen molar-refractivity contribution in [3.63, 3.8) is 0 Å². The van der Waals surface area contributed by atoms with E-state index < -0.39 is 17.2 Å². The third-order valence-electron chi connectivity index (χ3n) is 1.27. The molecule has 0 radical (unpaired) electrons. The van der Waals surface area contributed by atoms with Gasteiger partial charge in [-0.1, -0.05) is 0 Å². The molecule has 0 aromatic heterocycles. The molecular formula is C10H20N2O2. The van der Waals surface area contributed by atoms with E-state index in [9.17, 15) is 4.79 Å². The summed E-state index contributed by atoms with van der Waals surface area (Å²) in [5.74, 6) is 0. The molecule has 82 valence electrons. The van der Waals surface area contributed by atoms with Crippen LogP contribution in [0.5, 0.6) is 0 Å². The van der Waals surface area contributed by atoms with Crippen molar-refractivity contribution < 1.29 is 9.53 Å². The van der Waals surface area contributed by atoms with Gasteiger partial charge in [-0.25, -0.2) is 4.79 Å². The summed E-state index contributed by atoms with van der Waals surface area (Å²) < 4.78 is 5.11. The Hall–Kier alpha value is -1.06. The van der Waals surface area contributed by atoms with Crippen LogP contribution in [0.3, 0.4) is 0 Å². The first kappa shape index (κ1) is 12.9. The van der Waals surface area contributed by atoms with Crippen molar-refractivity contribution in [3.05, 3.63) is 0 Å². The van der Waals surface area contributed by atoms with Gasteiger partial charge in [0.25, 0.3) is 0 Å². The van der Waals surface area contributed by atoms with Crippen LogP contribution >= 0.6 is 0 Å². The number of ether oxygens (including phenoxy) is 1. The monoisotopic (exact) mass is 200 g/mol. The van der Waals surface area contributed by atoms with E-state index in [-0.39, 0.29) is 0 Å². The van der Waals surface area contributed by atoms with Crippen LogP contribution in [-0.2, 0) is 4.74 Å². The quantitative estimate of drug-likeness (QED) is 0.693. The number of amides is 1. The van der Waals surface area contributed by atoms with Crippen LogP contribution in [0.4, 0.5) is 4.79 Å². The third-order valence-corrected chi connectivity index (χ3v) is 1.27. The lowest BCUT2D eigenvalue weighted by Gasteiger charge is -2.25. The number of nitrogens with one attached hydrogen (secondary N) is 1. The zero-order valence-electron chi connectivity index (χ0n) is 9.84. The number of aliphatic imine (C=N–C) groups is 1. The topological polar surface area (TPSA) is 50.7 Å². The highest BCUT2D eigenvalue weighted by Crippen LogP contribution is 2.08. The van der Waals surface area contributed by atoms with Crippen LogP contribution in [0.25, 0.3) is 0 Å². The molecule has 4 nitrogen and oxygen atoms in total. The highest BCUT2D eigenvalue weighted by Gasteiger charge is 2.22. The van der Waals surface area contributed by atoms with Gasteiger partial charge in [0.15, 0.2) is 0 Å². The van der Waals surface area contributed by atoms with Gasteiger partial charge in [0, 0.05) is 13.3 Å². The molecule has 0 unspecified atom stereocenters. The molecule has 0 atom stereocenters. The van der Waals surface area contributed by atoms with Gasteiger partial charge in [-0.2, -0.15) is 0 Å². The summed E-state index contributed by atoms with van der Waals surface area (Å²) in [5.41, 5.74) is -0.944. The average molecular weight is 200 g/mol. The van der Waals surface area contributed by atoms with E-state index in [2.05, 4.69) is 10.3 Å². The van der Waals surface area contributed by atoms with Crippen molar-refractivity contribution in [2.75, 3.05) is 7.05 Å². The number of hydrogen-bond donors (Lipinski definition) is 1. The van der Waals surface area contributed by atoms with Crippen LogP contribution < -0.4 is 5.32 Å². The van der Waals surface area contributed by atoms with Gasteiger partial charge >= 0.3 is 6.09 Å². The van der Waals surface area contributed by atoms with E-state index in [1.165, 1.54) is 0 Å². The van der Waals surface area contributed by atoms with Crippen LogP contribution in [0, 0.1) is 0 Å². The summed E-state index contributed by atoms with van der Waals surface area (Å²) in [6, 6.07) is 0. The average Bonchev–Trinajstić information content (AvgIpc) is 1.78. The van der Waals surface area contributed by atoms with Crippen LogP contribution in [0.2, 0.25) is 0 Å². The van der Waals surface area contributed by atoms with E-state index in [0.29, 0.717) is 0 Å². The number of hydrogen-bond acceptors (Lipinski definition) is 3. The maximum Gasteiger partial charge on any atom is 0.408 e. The molecule has 0 saturated carbocycles. The molecule has 1 amide bonds. The molecule has 0 aliphatic heterocycles. The minimum atomic E-state index is -0.475. The summed E-state index contributed by atoms with van der Waals surface area (Å²) >= 11 is 0. The molecule has 0 aromatic rings. The van der Waals surface area contributed by atoms with E-state index in [1.807, 2.05) is 34.6 Å². The van der Waals surface area contributed by atoms with Gasteiger partial charge in [-0.05, 0) is 34.6 Å². The smallest absolute Gasteiger partial charge is 0.408 e. The van der Waals surface area contributed by atoms with Crippen LogP contribution in [0.1, 0.15) is 34.6 Å². The molecular weight excluding hydrogens is 180 g/mol. The van der Waals surface area contributed by atoms with Gasteiger partial charge in [0.05, 0.1) is 5.54 Å². The lowest BCUT2D eigenvalue weighted by Crippen LogP contribution is -2.46. The van der Waals surface area contributed by atoms with Crippen molar-refractivity contribution in [3.8, 4) is 0 Å². The first-order valence-electron chi connectivity index (χ1n) is 4.61. The van der Waals surface area contributed by atoms with Crippen molar-refractivity contribution >= 4 is 12.3 Å². The van der Waals surface area contributed by atoms with Crippen molar-refractivity contribution in [1.82, 2.24) is 5.32 Å². The Kier molecular flexibility index (Phi) is 4.10. The zero-order chi connectivity index (χ0) is 11.4. The van der Waals surface area contributed by atoms with Crippen molar-refractivity contribution in [2.45, 2.75) is 45.8 Å². The molecule has 4 heteroatoms. The SMILES string of the molecule is CN=CC(C)(C)NC(=O)OC(C)(C)C. The fourth-order valence-corrected chi connectivity index (χ4v) is 0.922. The Morgan fingerprint density at radius 3 is 2.14 bits per heavy atom. The second kappa shape index (κ2) is 4.44. The Labute approximate surface area is 85.7 Å². The van der Waals surface area contributed by atoms with E-state index in [0.717, 1.165) is 0 Å². The first-order chi connectivity index (χ1) is 6.16. The van der Waals surface area contributed by atoms with Gasteiger partial charge in [0.2, 0.25) is 0 Å². The molecule has 0 aromatic carbocycles. The molecule has 14 heavy (non-hydrogen) atoms. The molecule has 0 saturated heterocycles. The molecule has 0 fully saturated rings. The molecule has 0 spiro atoms. The maximum absolute atomic E-state index is 11.4. The fourth-order valence-electron chi connectivity index (χ4n) is 0.922. The molecule has 1 N–H and O–H groups in total. The molecule has 0 heterocycles. The third kappa shape index (κ3) is 6.46. The minimum absolute atomic E-state index is 0.428. The summed E-state index contributed by atoms with van der Waals surface area (Å²) in [5, 5.41) is 2.70. The predicted octanol–water partition coefficient (Wildman–Crippen LogP) is 1.99. The van der Waals surface area contributed by atoms with Gasteiger partial charge < -0.3 is 10.1 Å². The Morgan fingerprint density at radius 1 is 1.29 bits per heavy atom. The molecule has 0 bridgehead atoms. The molecule has 0 rings (SSSR count). The fraction of sp³-hybridized carbons (Fsp3) is 0.800. The van der Waals surface area contributed by atoms with Crippen LogP contribution in [0.15, 0.2) is 4.99 Å². The summed E-state index contributed by atoms with van der Waals surface area (Å²) in [4.78, 5) is 15.2. The van der Waals surface area contributed by atoms with E-state index in [4.69, 9.17) is 4.74 Å². The van der Waals surface area contributed by atoms with Gasteiger partial charge in [-0.3, -0.25) is 4.99 Å². The zero-order valence-corrected chi connectivity index (χ0v) is 9.84. The van der Waals surface area contributed by atoms with E-state index in [1.54, 1.807) is 13.3 Å². The molecule has 0 aliphatic rings. The second-order valence-corrected chi connectivity index (χ2v) is 4.74. The largest absolute Gasteiger partial charge is 0.444 e. The first-order valence-corrected chi connectivity index (χ1v) is 4.61. The van der Waals surface area contributed by atoms with Crippen LogP contribution in [-0.4, -0.2) is 30.5 Å². The summed E-state index contributed by atoms with van der Waals surface area (Å²) in [7, 11) is 1.67. The van der Waals surface area contributed by atoms with Gasteiger partial charge in [-0.15, -0.1) is 0 Å². The highest BCUT2D eigenvalue weighted by atomic mass is 16.6. The Bertz CT molecular complexity index is 227. The lowest BCUT2D eigenvalue weighted by molar-refractivity contribution is 0.0498. The number of nitrogens with zero attached hydrogens (tertiary/aromatic N) is 1. The summed E-state index contributed by atoms with van der Waals surface area (Å²) in [6.45, 7) is 9.18. The highest BCUT2D eigenvalue weighted by molar-refractivity contribution is 5.78. The number of rotatable bonds is 2. The van der Waals surface area contributed by atoms with Gasteiger partial charge in [0.1, 0.15) is 5.60 Å². The number of alkyl carbamates (subject to hydrolysis) is 1. The normalized spacial score (nSPS) is 13.0. The molecule has 0 aliphatic carbocycles. The second-order valence-electron chi connectivity index (χ2n) is 4.74. The standard InChI is InChI=1S/C10H20N2O2/c1-9(2,3)14-8(13)12-10(4,5)7-11-6/h7H,1-6H3,(H,12,13).